The van der Waals surface area contributed by atoms with Crippen LogP contribution in [-0.2, 0) is 16.5 Å². The molecule has 0 aromatic carbocycles. The number of rotatable bonds is 4. The van der Waals surface area contributed by atoms with Crippen molar-refractivity contribution in [1.29, 1.82) is 0 Å². The summed E-state index contributed by atoms with van der Waals surface area (Å²) in [6.07, 6.45) is -2.18. The first kappa shape index (κ1) is 12.8. The smallest absolute Gasteiger partial charge is 0.307 e. The number of nitrogens with two attached hydrogens (primary N) is 1. The number of aromatic nitrogens is 1. The maximum atomic E-state index is 12.8. The molecule has 4 nitrogen and oxygen atoms in total. The zero-order chi connectivity index (χ0) is 12.3. The molecule has 1 aromatic rings. The highest BCUT2D eigenvalue weighted by atomic mass is 79.9. The SMILES string of the molecule is Nc1ncc(CC(=O)O)c(C(F)F)c1CBr. The van der Waals surface area contributed by atoms with Crippen molar-refractivity contribution in [3.8, 4) is 0 Å². The molecular weight excluding hydrogens is 286 g/mol. The fourth-order valence-corrected chi connectivity index (χ4v) is 1.93. The first-order valence-corrected chi connectivity index (χ1v) is 5.41. The highest BCUT2D eigenvalue weighted by Gasteiger charge is 2.21. The standard InChI is InChI=1S/C9H9BrF2N2O2/c10-2-5-7(8(11)12)4(1-6(15)16)3-14-9(5)13/h3,8H,1-2H2,(H2,13,14)(H,15,16). The molecule has 0 aliphatic carbocycles. The predicted molar refractivity (Wildman–Crippen MR) is 57.6 cm³/mol. The van der Waals surface area contributed by atoms with Gasteiger partial charge in [0.25, 0.3) is 6.43 Å². The van der Waals surface area contributed by atoms with E-state index in [-0.39, 0.29) is 27.8 Å². The monoisotopic (exact) mass is 294 g/mol. The number of halogens is 3. The third kappa shape index (κ3) is 2.66. The Bertz CT molecular complexity index is 413. The van der Waals surface area contributed by atoms with Crippen LogP contribution in [0, 0.1) is 0 Å². The topological polar surface area (TPSA) is 76.2 Å². The lowest BCUT2D eigenvalue weighted by atomic mass is 10.0. The summed E-state index contributed by atoms with van der Waals surface area (Å²) in [7, 11) is 0. The molecule has 0 saturated carbocycles. The zero-order valence-corrected chi connectivity index (χ0v) is 9.67. The molecule has 0 saturated heterocycles. The fourth-order valence-electron chi connectivity index (χ4n) is 1.34. The Balaban J connectivity index is 3.32. The van der Waals surface area contributed by atoms with Crippen LogP contribution in [0.25, 0.3) is 0 Å². The second kappa shape index (κ2) is 5.20. The van der Waals surface area contributed by atoms with Gasteiger partial charge in [0.1, 0.15) is 5.82 Å². The normalized spacial score (nSPS) is 10.8. The van der Waals surface area contributed by atoms with Crippen molar-refractivity contribution in [3.63, 3.8) is 0 Å². The van der Waals surface area contributed by atoms with Gasteiger partial charge < -0.3 is 10.8 Å². The minimum atomic E-state index is -2.77. The van der Waals surface area contributed by atoms with E-state index >= 15 is 0 Å². The van der Waals surface area contributed by atoms with Crippen LogP contribution < -0.4 is 5.73 Å². The van der Waals surface area contributed by atoms with E-state index in [2.05, 4.69) is 20.9 Å². The van der Waals surface area contributed by atoms with Crippen molar-refractivity contribution in [2.75, 3.05) is 5.73 Å². The fraction of sp³-hybridized carbons (Fsp3) is 0.333. The molecule has 0 amide bonds. The summed E-state index contributed by atoms with van der Waals surface area (Å²) in [4.78, 5) is 14.2. The number of nitrogen functional groups attached to an aromatic ring is 1. The summed E-state index contributed by atoms with van der Waals surface area (Å²) >= 11 is 3.03. The van der Waals surface area contributed by atoms with Crippen LogP contribution >= 0.6 is 15.9 Å². The van der Waals surface area contributed by atoms with Gasteiger partial charge in [-0.3, -0.25) is 4.79 Å². The van der Waals surface area contributed by atoms with Crippen LogP contribution in [0.2, 0.25) is 0 Å². The van der Waals surface area contributed by atoms with Crippen molar-refractivity contribution in [3.05, 3.63) is 22.9 Å². The average molecular weight is 295 g/mol. The van der Waals surface area contributed by atoms with Crippen LogP contribution in [0.5, 0.6) is 0 Å². The summed E-state index contributed by atoms with van der Waals surface area (Å²) in [6.45, 7) is 0. The summed E-state index contributed by atoms with van der Waals surface area (Å²) in [5, 5.41) is 8.70. The van der Waals surface area contributed by atoms with Gasteiger partial charge in [-0.1, -0.05) is 15.9 Å². The number of anilines is 1. The number of carbonyl (C=O) groups is 1. The maximum absolute atomic E-state index is 12.8. The second-order valence-electron chi connectivity index (χ2n) is 3.07. The molecule has 0 atom stereocenters. The molecule has 88 valence electrons. The van der Waals surface area contributed by atoms with Crippen molar-refractivity contribution in [1.82, 2.24) is 4.98 Å². The Kier molecular flexibility index (Phi) is 4.17. The molecule has 0 bridgehead atoms. The number of carboxylic acid groups (broad SMARTS) is 1. The molecule has 3 N–H and O–H groups in total. The van der Waals surface area contributed by atoms with E-state index in [9.17, 15) is 13.6 Å². The van der Waals surface area contributed by atoms with E-state index in [1.807, 2.05) is 0 Å². The molecule has 1 heterocycles. The number of carboxylic acids is 1. The number of alkyl halides is 3. The van der Waals surface area contributed by atoms with Gasteiger partial charge in [0.05, 0.1) is 6.42 Å². The van der Waals surface area contributed by atoms with Crippen molar-refractivity contribution < 1.29 is 18.7 Å². The van der Waals surface area contributed by atoms with Gasteiger partial charge in [-0.15, -0.1) is 0 Å². The third-order valence-electron chi connectivity index (χ3n) is 2.03. The highest BCUT2D eigenvalue weighted by molar-refractivity contribution is 9.08. The number of aliphatic carboxylic acids is 1. The summed E-state index contributed by atoms with van der Waals surface area (Å²) in [5.41, 5.74) is 5.25. The number of pyridine rings is 1. The summed E-state index contributed by atoms with van der Waals surface area (Å²) < 4.78 is 25.6. The minimum Gasteiger partial charge on any atom is -0.481 e. The number of nitrogens with zero attached hydrogens (tertiary/aromatic N) is 1. The van der Waals surface area contributed by atoms with Crippen LogP contribution in [0.15, 0.2) is 6.20 Å². The summed E-state index contributed by atoms with van der Waals surface area (Å²) in [5.74, 6) is -1.20. The number of hydrogen-bond acceptors (Lipinski definition) is 3. The van der Waals surface area contributed by atoms with Crippen LogP contribution in [0.3, 0.4) is 0 Å². The van der Waals surface area contributed by atoms with E-state index in [1.54, 1.807) is 0 Å². The lowest BCUT2D eigenvalue weighted by Gasteiger charge is -2.12. The van der Waals surface area contributed by atoms with Gasteiger partial charge in [-0.05, 0) is 5.56 Å². The second-order valence-corrected chi connectivity index (χ2v) is 3.63. The summed E-state index contributed by atoms with van der Waals surface area (Å²) in [6, 6.07) is 0. The van der Waals surface area contributed by atoms with Crippen molar-refractivity contribution in [2.24, 2.45) is 0 Å². The Morgan fingerprint density at radius 2 is 2.25 bits per heavy atom. The molecule has 7 heteroatoms. The Morgan fingerprint density at radius 3 is 2.69 bits per heavy atom. The Morgan fingerprint density at radius 1 is 1.62 bits per heavy atom. The van der Waals surface area contributed by atoms with Crippen molar-refractivity contribution >= 4 is 27.7 Å². The predicted octanol–water partition coefficient (Wildman–Crippen LogP) is 2.12. The molecule has 0 radical (unpaired) electrons. The Labute approximate surface area is 98.6 Å². The molecule has 16 heavy (non-hydrogen) atoms. The lowest BCUT2D eigenvalue weighted by Crippen LogP contribution is -2.10. The van der Waals surface area contributed by atoms with Gasteiger partial charge in [0.2, 0.25) is 0 Å². The zero-order valence-electron chi connectivity index (χ0n) is 8.08. The van der Waals surface area contributed by atoms with E-state index in [0.29, 0.717) is 0 Å². The number of hydrogen-bond donors (Lipinski definition) is 2. The molecule has 0 aliphatic heterocycles. The molecule has 1 rings (SSSR count). The van der Waals surface area contributed by atoms with E-state index in [4.69, 9.17) is 10.8 Å². The molecule has 0 fully saturated rings. The highest BCUT2D eigenvalue weighted by Crippen LogP contribution is 2.31. The minimum absolute atomic E-state index is 0.00819. The maximum Gasteiger partial charge on any atom is 0.307 e. The largest absolute Gasteiger partial charge is 0.481 e. The Hall–Kier alpha value is -1.24. The molecule has 0 unspecified atom stereocenters. The molecule has 1 aromatic heterocycles. The van der Waals surface area contributed by atoms with Crippen LogP contribution in [0.4, 0.5) is 14.6 Å². The van der Waals surface area contributed by atoms with Crippen LogP contribution in [-0.4, -0.2) is 16.1 Å². The quantitative estimate of drug-likeness (QED) is 0.834. The van der Waals surface area contributed by atoms with E-state index in [0.717, 1.165) is 6.20 Å². The van der Waals surface area contributed by atoms with Crippen LogP contribution in [0.1, 0.15) is 23.1 Å². The van der Waals surface area contributed by atoms with E-state index < -0.39 is 18.8 Å². The molecule has 0 spiro atoms. The van der Waals surface area contributed by atoms with Gasteiger partial charge in [0.15, 0.2) is 0 Å². The van der Waals surface area contributed by atoms with Gasteiger partial charge in [-0.2, -0.15) is 0 Å². The molecule has 0 aliphatic rings. The van der Waals surface area contributed by atoms with E-state index in [1.165, 1.54) is 0 Å². The van der Waals surface area contributed by atoms with Crippen molar-refractivity contribution in [2.45, 2.75) is 18.2 Å². The lowest BCUT2D eigenvalue weighted by molar-refractivity contribution is -0.136. The van der Waals surface area contributed by atoms with Gasteiger partial charge in [-0.25, -0.2) is 13.8 Å². The first-order chi connectivity index (χ1) is 7.47. The third-order valence-corrected chi connectivity index (χ3v) is 2.59. The van der Waals surface area contributed by atoms with Gasteiger partial charge >= 0.3 is 5.97 Å². The van der Waals surface area contributed by atoms with Gasteiger partial charge in [0, 0.05) is 22.7 Å². The average Bonchev–Trinajstić information content (AvgIpc) is 2.18. The molecular formula is C9H9BrF2N2O2. The first-order valence-electron chi connectivity index (χ1n) is 4.29.